The van der Waals surface area contributed by atoms with Crippen molar-refractivity contribution >= 4 is 6.21 Å². The van der Waals surface area contributed by atoms with Crippen molar-refractivity contribution in [2.75, 3.05) is 6.54 Å². The third kappa shape index (κ3) is 12.2. The van der Waals surface area contributed by atoms with E-state index in [-0.39, 0.29) is 5.41 Å². The standard InChI is InChI=1S/C16H29N.C3H8/c1-7-8-12-17-13-16(6,15(4)5)11-9-10-14(2)3;1-3-2/h9-11,13,15H,7-8,12H2,1-6H3;3H2,1-2H3/b11-9-,17-13?;. The topological polar surface area (TPSA) is 12.4 Å². The highest BCUT2D eigenvalue weighted by atomic mass is 14.7. The second-order valence-corrected chi connectivity index (χ2v) is 6.22. The first-order valence-electron chi connectivity index (χ1n) is 8.17. The zero-order valence-electron chi connectivity index (χ0n) is 15.2. The first-order chi connectivity index (χ1) is 9.33. The predicted molar refractivity (Wildman–Crippen MR) is 95.7 cm³/mol. The summed E-state index contributed by atoms with van der Waals surface area (Å²) in [6, 6.07) is 0. The first kappa shape index (κ1) is 21.4. The molecule has 118 valence electrons. The van der Waals surface area contributed by atoms with Crippen molar-refractivity contribution in [3.8, 4) is 0 Å². The van der Waals surface area contributed by atoms with Crippen molar-refractivity contribution in [1.29, 1.82) is 0 Å². The highest BCUT2D eigenvalue weighted by Gasteiger charge is 2.22. The Balaban J connectivity index is 0. The number of hydrogen-bond donors (Lipinski definition) is 0. The van der Waals surface area contributed by atoms with E-state index in [2.05, 4.69) is 84.8 Å². The summed E-state index contributed by atoms with van der Waals surface area (Å²) in [7, 11) is 0. The Hall–Kier alpha value is -0.850. The number of hydrogen-bond acceptors (Lipinski definition) is 1. The lowest BCUT2D eigenvalue weighted by atomic mass is 9.80. The summed E-state index contributed by atoms with van der Waals surface area (Å²) in [4.78, 5) is 4.56. The van der Waals surface area contributed by atoms with E-state index in [0.717, 1.165) is 6.54 Å². The van der Waals surface area contributed by atoms with Crippen molar-refractivity contribution in [1.82, 2.24) is 0 Å². The summed E-state index contributed by atoms with van der Waals surface area (Å²) >= 11 is 0. The normalized spacial score (nSPS) is 14.2. The van der Waals surface area contributed by atoms with Crippen molar-refractivity contribution in [3.05, 3.63) is 23.8 Å². The lowest BCUT2D eigenvalue weighted by Gasteiger charge is -2.25. The number of rotatable bonds is 7. The molecule has 0 aromatic rings. The molecule has 0 aromatic heterocycles. The van der Waals surface area contributed by atoms with Gasteiger partial charge in [-0.1, -0.05) is 78.2 Å². The minimum atomic E-state index is 0.0691. The predicted octanol–water partition coefficient (Wildman–Crippen LogP) is 6.46. The van der Waals surface area contributed by atoms with E-state index in [1.54, 1.807) is 0 Å². The fraction of sp³-hybridized carbons (Fsp3) is 0.737. The molecule has 1 unspecified atom stereocenters. The molecule has 0 aromatic carbocycles. The van der Waals surface area contributed by atoms with Gasteiger partial charge in [0.2, 0.25) is 0 Å². The van der Waals surface area contributed by atoms with Gasteiger partial charge in [0.15, 0.2) is 0 Å². The van der Waals surface area contributed by atoms with Crippen LogP contribution in [0.5, 0.6) is 0 Å². The van der Waals surface area contributed by atoms with Crippen molar-refractivity contribution < 1.29 is 0 Å². The molecule has 0 saturated carbocycles. The lowest BCUT2D eigenvalue weighted by molar-refractivity contribution is 0.422. The van der Waals surface area contributed by atoms with Crippen molar-refractivity contribution in [3.63, 3.8) is 0 Å². The van der Waals surface area contributed by atoms with Crippen LogP contribution < -0.4 is 0 Å². The molecule has 0 fully saturated rings. The SMILES string of the molecule is CCC.CCCCN=CC(C)(/C=C\C=C(C)C)C(C)C. The van der Waals surface area contributed by atoms with Crippen LogP contribution in [0.2, 0.25) is 0 Å². The van der Waals surface area contributed by atoms with Crippen LogP contribution in [-0.4, -0.2) is 12.8 Å². The Bertz CT molecular complexity index is 293. The molecule has 1 atom stereocenters. The number of allylic oxidation sites excluding steroid dienone is 4. The lowest BCUT2D eigenvalue weighted by Crippen LogP contribution is -2.22. The van der Waals surface area contributed by atoms with Crippen LogP contribution in [0.4, 0.5) is 0 Å². The van der Waals surface area contributed by atoms with Gasteiger partial charge >= 0.3 is 0 Å². The molecule has 0 amide bonds. The van der Waals surface area contributed by atoms with E-state index in [1.165, 1.54) is 24.8 Å². The van der Waals surface area contributed by atoms with Crippen LogP contribution in [0, 0.1) is 11.3 Å². The van der Waals surface area contributed by atoms with E-state index < -0.39 is 0 Å². The molecule has 0 spiro atoms. The second kappa shape index (κ2) is 13.1. The zero-order chi connectivity index (χ0) is 16.0. The summed E-state index contributed by atoms with van der Waals surface area (Å²) < 4.78 is 0. The molecular weight excluding hydrogens is 242 g/mol. The summed E-state index contributed by atoms with van der Waals surface area (Å²) in [5.74, 6) is 0.565. The monoisotopic (exact) mass is 279 g/mol. The molecule has 20 heavy (non-hydrogen) atoms. The van der Waals surface area contributed by atoms with E-state index in [4.69, 9.17) is 0 Å². The molecule has 1 nitrogen and oxygen atoms in total. The highest BCUT2D eigenvalue weighted by Crippen LogP contribution is 2.26. The molecule has 0 N–H and O–H groups in total. The number of unbranched alkanes of at least 4 members (excludes halogenated alkanes) is 1. The molecule has 1 heteroatoms. The second-order valence-electron chi connectivity index (χ2n) is 6.22. The van der Waals surface area contributed by atoms with Gasteiger partial charge in [-0.15, -0.1) is 0 Å². The van der Waals surface area contributed by atoms with Gasteiger partial charge in [0.25, 0.3) is 0 Å². The molecule has 0 aliphatic heterocycles. The average Bonchev–Trinajstić information content (AvgIpc) is 2.35. The molecule has 0 bridgehead atoms. The maximum atomic E-state index is 4.56. The summed E-state index contributed by atoms with van der Waals surface area (Å²) in [5.41, 5.74) is 1.40. The van der Waals surface area contributed by atoms with Crippen LogP contribution in [-0.2, 0) is 0 Å². The largest absolute Gasteiger partial charge is 0.297 e. The maximum absolute atomic E-state index is 4.56. The fourth-order valence-corrected chi connectivity index (χ4v) is 1.34. The van der Waals surface area contributed by atoms with Gasteiger partial charge in [0.05, 0.1) is 0 Å². The summed E-state index contributed by atoms with van der Waals surface area (Å²) in [6.45, 7) is 18.4. The molecule has 0 rings (SSSR count). The molecule has 0 heterocycles. The van der Waals surface area contributed by atoms with E-state index in [1.807, 2.05) is 0 Å². The van der Waals surface area contributed by atoms with Crippen LogP contribution in [0.3, 0.4) is 0 Å². The minimum Gasteiger partial charge on any atom is -0.297 e. The highest BCUT2D eigenvalue weighted by molar-refractivity contribution is 5.68. The molecule has 0 saturated heterocycles. The fourth-order valence-electron chi connectivity index (χ4n) is 1.34. The van der Waals surface area contributed by atoms with Crippen LogP contribution in [0.1, 0.15) is 74.7 Å². The number of aliphatic imine (C=N–C) groups is 1. The quantitative estimate of drug-likeness (QED) is 0.288. The maximum Gasteiger partial charge on any atom is 0.0385 e. The Labute approximate surface area is 128 Å². The van der Waals surface area contributed by atoms with Crippen LogP contribution in [0.15, 0.2) is 28.8 Å². The van der Waals surface area contributed by atoms with Gasteiger partial charge in [0, 0.05) is 18.2 Å². The van der Waals surface area contributed by atoms with Gasteiger partial charge in [0.1, 0.15) is 0 Å². The van der Waals surface area contributed by atoms with Crippen LogP contribution >= 0.6 is 0 Å². The molecule has 0 radical (unpaired) electrons. The van der Waals surface area contributed by atoms with Crippen molar-refractivity contribution in [2.45, 2.75) is 74.7 Å². The Morgan fingerprint density at radius 3 is 2.10 bits per heavy atom. The molecule has 0 aliphatic rings. The van der Waals surface area contributed by atoms with E-state index in [9.17, 15) is 0 Å². The first-order valence-corrected chi connectivity index (χ1v) is 8.17. The Morgan fingerprint density at radius 1 is 1.15 bits per heavy atom. The van der Waals surface area contributed by atoms with E-state index in [0.29, 0.717) is 5.92 Å². The summed E-state index contributed by atoms with van der Waals surface area (Å²) in [5, 5.41) is 0. The van der Waals surface area contributed by atoms with E-state index >= 15 is 0 Å². The smallest absolute Gasteiger partial charge is 0.0385 e. The molecule has 0 aliphatic carbocycles. The average molecular weight is 280 g/mol. The Kier molecular flexibility index (Phi) is 14.1. The van der Waals surface area contributed by atoms with Crippen LogP contribution in [0.25, 0.3) is 0 Å². The van der Waals surface area contributed by atoms with Crippen molar-refractivity contribution in [2.24, 2.45) is 16.3 Å². The zero-order valence-corrected chi connectivity index (χ0v) is 15.2. The Morgan fingerprint density at radius 2 is 1.70 bits per heavy atom. The minimum absolute atomic E-state index is 0.0691. The third-order valence-corrected chi connectivity index (χ3v) is 3.14. The van der Waals surface area contributed by atoms with Gasteiger partial charge < -0.3 is 0 Å². The summed E-state index contributed by atoms with van der Waals surface area (Å²) in [6.07, 6.45) is 12.3. The number of nitrogens with zero attached hydrogens (tertiary/aromatic N) is 1. The molecular formula is C19H37N. The van der Waals surface area contributed by atoms with Gasteiger partial charge in [-0.25, -0.2) is 0 Å². The van der Waals surface area contributed by atoms with Gasteiger partial charge in [-0.3, -0.25) is 4.99 Å². The van der Waals surface area contributed by atoms with Gasteiger partial charge in [-0.2, -0.15) is 0 Å². The third-order valence-electron chi connectivity index (χ3n) is 3.14. The van der Waals surface area contributed by atoms with Gasteiger partial charge in [-0.05, 0) is 26.2 Å².